The van der Waals surface area contributed by atoms with Gasteiger partial charge in [-0.25, -0.2) is 4.39 Å². The van der Waals surface area contributed by atoms with E-state index >= 15 is 0 Å². The van der Waals surface area contributed by atoms with Crippen LogP contribution < -0.4 is 5.73 Å². The fourth-order valence-electron chi connectivity index (χ4n) is 2.53. The molecule has 1 atom stereocenters. The number of carbonyl (C=O) groups is 1. The van der Waals surface area contributed by atoms with E-state index in [1.165, 1.54) is 12.1 Å². The van der Waals surface area contributed by atoms with Crippen molar-refractivity contribution >= 4 is 30.1 Å². The molecule has 1 aliphatic heterocycles. The van der Waals surface area contributed by atoms with Crippen molar-refractivity contribution < 1.29 is 9.18 Å². The van der Waals surface area contributed by atoms with Gasteiger partial charge in [-0.2, -0.15) is 0 Å². The maximum absolute atomic E-state index is 12.8. The standard InChI is InChI=1S/C16H23FN2OS.ClH/c1-16(2)11-19(9-7-14(16)18)15(20)8-10-21-13-5-3-12(17)4-6-13;/h3-6,14H,7-11,18H2,1-2H3;1H. The molecule has 0 aromatic heterocycles. The number of nitrogens with two attached hydrogens (primary N) is 1. The molecule has 1 aromatic carbocycles. The van der Waals surface area contributed by atoms with Crippen molar-refractivity contribution in [2.45, 2.75) is 37.6 Å². The van der Waals surface area contributed by atoms with Crippen molar-refractivity contribution in [1.82, 2.24) is 4.90 Å². The molecule has 2 rings (SSSR count). The second-order valence-electron chi connectivity index (χ2n) is 6.25. The maximum Gasteiger partial charge on any atom is 0.223 e. The van der Waals surface area contributed by atoms with Crippen LogP contribution in [0.4, 0.5) is 4.39 Å². The molecule has 2 N–H and O–H groups in total. The highest BCUT2D eigenvalue weighted by Gasteiger charge is 2.34. The van der Waals surface area contributed by atoms with Gasteiger partial charge in [0.15, 0.2) is 0 Å². The number of nitrogens with zero attached hydrogens (tertiary/aromatic N) is 1. The summed E-state index contributed by atoms with van der Waals surface area (Å²) in [5.74, 6) is 0.667. The molecule has 0 radical (unpaired) electrons. The van der Waals surface area contributed by atoms with Gasteiger partial charge in [-0.15, -0.1) is 24.2 Å². The molecule has 1 fully saturated rings. The van der Waals surface area contributed by atoms with Crippen LogP contribution in [-0.4, -0.2) is 35.7 Å². The highest BCUT2D eigenvalue weighted by molar-refractivity contribution is 7.99. The van der Waals surface area contributed by atoms with Crippen molar-refractivity contribution in [3.63, 3.8) is 0 Å². The van der Waals surface area contributed by atoms with Gasteiger partial charge < -0.3 is 10.6 Å². The molecule has 124 valence electrons. The number of likely N-dealkylation sites (tertiary alicyclic amines) is 1. The summed E-state index contributed by atoms with van der Waals surface area (Å²) in [6.45, 7) is 5.72. The van der Waals surface area contributed by atoms with E-state index in [9.17, 15) is 9.18 Å². The summed E-state index contributed by atoms with van der Waals surface area (Å²) in [4.78, 5) is 15.2. The van der Waals surface area contributed by atoms with Gasteiger partial charge in [0, 0.05) is 36.2 Å². The van der Waals surface area contributed by atoms with Gasteiger partial charge in [0.2, 0.25) is 5.91 Å². The molecule has 22 heavy (non-hydrogen) atoms. The van der Waals surface area contributed by atoms with Gasteiger partial charge in [0.25, 0.3) is 0 Å². The van der Waals surface area contributed by atoms with Crippen LogP contribution in [0.15, 0.2) is 29.2 Å². The Bertz CT molecular complexity index is 495. The summed E-state index contributed by atoms with van der Waals surface area (Å²) in [6.07, 6.45) is 1.37. The number of hydrogen-bond donors (Lipinski definition) is 1. The number of benzene rings is 1. The molecule has 0 aliphatic carbocycles. The average Bonchev–Trinajstić information content (AvgIpc) is 2.44. The van der Waals surface area contributed by atoms with Crippen LogP contribution in [0.5, 0.6) is 0 Å². The van der Waals surface area contributed by atoms with Crippen LogP contribution in [0, 0.1) is 11.2 Å². The van der Waals surface area contributed by atoms with E-state index < -0.39 is 0 Å². The van der Waals surface area contributed by atoms with Crippen LogP contribution in [0.2, 0.25) is 0 Å². The third kappa shape index (κ3) is 5.14. The quantitative estimate of drug-likeness (QED) is 0.851. The van der Waals surface area contributed by atoms with E-state index in [-0.39, 0.29) is 35.6 Å². The van der Waals surface area contributed by atoms with Gasteiger partial charge in [-0.3, -0.25) is 4.79 Å². The van der Waals surface area contributed by atoms with Crippen LogP contribution in [-0.2, 0) is 4.79 Å². The number of carbonyl (C=O) groups excluding carboxylic acids is 1. The molecular weight excluding hydrogens is 323 g/mol. The molecule has 1 aromatic rings. The Labute approximate surface area is 142 Å². The van der Waals surface area contributed by atoms with Crippen molar-refractivity contribution in [3.05, 3.63) is 30.1 Å². The molecular formula is C16H24ClFN2OS. The lowest BCUT2D eigenvalue weighted by molar-refractivity contribution is -0.134. The zero-order valence-electron chi connectivity index (χ0n) is 13.0. The van der Waals surface area contributed by atoms with E-state index in [1.54, 1.807) is 23.9 Å². The predicted octanol–water partition coefficient (Wildman–Crippen LogP) is 3.32. The van der Waals surface area contributed by atoms with Crippen molar-refractivity contribution in [2.75, 3.05) is 18.8 Å². The SMILES string of the molecule is CC1(C)CN(C(=O)CCSc2ccc(F)cc2)CCC1N.Cl. The van der Waals surface area contributed by atoms with Gasteiger partial charge in [0.05, 0.1) is 0 Å². The number of rotatable bonds is 4. The van der Waals surface area contributed by atoms with E-state index in [0.29, 0.717) is 12.2 Å². The molecule has 1 unspecified atom stereocenters. The van der Waals surface area contributed by atoms with Crippen LogP contribution in [0.3, 0.4) is 0 Å². The Hall–Kier alpha value is -0.780. The lowest BCUT2D eigenvalue weighted by Gasteiger charge is -2.42. The van der Waals surface area contributed by atoms with Gasteiger partial charge in [0.1, 0.15) is 5.82 Å². The zero-order chi connectivity index (χ0) is 15.5. The molecule has 1 aliphatic rings. The Morgan fingerprint density at radius 2 is 2.05 bits per heavy atom. The van der Waals surface area contributed by atoms with E-state index in [0.717, 1.165) is 24.4 Å². The number of amides is 1. The summed E-state index contributed by atoms with van der Waals surface area (Å²) < 4.78 is 12.8. The van der Waals surface area contributed by atoms with Gasteiger partial charge >= 0.3 is 0 Å². The third-order valence-corrected chi connectivity index (χ3v) is 5.08. The Balaban J connectivity index is 0.00000242. The lowest BCUT2D eigenvalue weighted by atomic mass is 9.79. The minimum atomic E-state index is -0.234. The fourth-order valence-corrected chi connectivity index (χ4v) is 3.37. The second-order valence-corrected chi connectivity index (χ2v) is 7.42. The third-order valence-electron chi connectivity index (χ3n) is 4.06. The monoisotopic (exact) mass is 346 g/mol. The van der Waals surface area contributed by atoms with Crippen molar-refractivity contribution in [2.24, 2.45) is 11.1 Å². The molecule has 0 spiro atoms. The Morgan fingerprint density at radius 1 is 1.41 bits per heavy atom. The first-order valence-electron chi connectivity index (χ1n) is 7.30. The maximum atomic E-state index is 12.8. The Morgan fingerprint density at radius 3 is 2.64 bits per heavy atom. The largest absolute Gasteiger partial charge is 0.342 e. The summed E-state index contributed by atoms with van der Waals surface area (Å²) in [7, 11) is 0. The van der Waals surface area contributed by atoms with E-state index in [1.807, 2.05) is 4.90 Å². The average molecular weight is 347 g/mol. The first-order valence-corrected chi connectivity index (χ1v) is 8.29. The van der Waals surface area contributed by atoms with E-state index in [4.69, 9.17) is 5.73 Å². The number of hydrogen-bond acceptors (Lipinski definition) is 3. The van der Waals surface area contributed by atoms with Crippen LogP contribution in [0.25, 0.3) is 0 Å². The molecule has 0 bridgehead atoms. The highest BCUT2D eigenvalue weighted by Crippen LogP contribution is 2.28. The van der Waals surface area contributed by atoms with Crippen molar-refractivity contribution in [1.29, 1.82) is 0 Å². The molecule has 1 amide bonds. The number of halogens is 2. The summed E-state index contributed by atoms with van der Waals surface area (Å²) >= 11 is 1.58. The van der Waals surface area contributed by atoms with Crippen LogP contribution in [0.1, 0.15) is 26.7 Å². The Kier molecular flexibility index (Phi) is 7.16. The highest BCUT2D eigenvalue weighted by atomic mass is 35.5. The smallest absolute Gasteiger partial charge is 0.223 e. The van der Waals surface area contributed by atoms with E-state index in [2.05, 4.69) is 13.8 Å². The summed E-state index contributed by atoms with van der Waals surface area (Å²) in [5.41, 5.74) is 6.07. The molecule has 0 saturated carbocycles. The normalized spacial score (nSPS) is 20.4. The summed E-state index contributed by atoms with van der Waals surface area (Å²) in [6, 6.07) is 6.54. The second kappa shape index (κ2) is 8.18. The first kappa shape index (κ1) is 19.3. The summed E-state index contributed by atoms with van der Waals surface area (Å²) in [5, 5.41) is 0. The van der Waals surface area contributed by atoms with Crippen molar-refractivity contribution in [3.8, 4) is 0 Å². The minimum absolute atomic E-state index is 0. The molecule has 3 nitrogen and oxygen atoms in total. The predicted molar refractivity (Wildman–Crippen MR) is 91.9 cm³/mol. The number of piperidine rings is 1. The number of thioether (sulfide) groups is 1. The molecule has 1 heterocycles. The van der Waals surface area contributed by atoms with Gasteiger partial charge in [-0.1, -0.05) is 13.8 Å². The first-order chi connectivity index (χ1) is 9.88. The van der Waals surface area contributed by atoms with Gasteiger partial charge in [-0.05, 0) is 36.1 Å². The molecule has 6 heteroatoms. The minimum Gasteiger partial charge on any atom is -0.342 e. The topological polar surface area (TPSA) is 46.3 Å². The molecule has 1 saturated heterocycles. The zero-order valence-corrected chi connectivity index (χ0v) is 14.7. The fraction of sp³-hybridized carbons (Fsp3) is 0.562. The lowest BCUT2D eigenvalue weighted by Crippen LogP contribution is -2.54. The van der Waals surface area contributed by atoms with Crippen LogP contribution >= 0.6 is 24.2 Å².